The third-order valence-corrected chi connectivity index (χ3v) is 0. The third kappa shape index (κ3) is 9.32. The number of hydrogen-bond donors (Lipinski definition) is 0. The molecule has 20 valence electrons. The van der Waals surface area contributed by atoms with Gasteiger partial charge in [-0.05, 0) is 0 Å². The molecule has 0 aliphatic heterocycles. The second kappa shape index (κ2) is 15.8. The molecule has 0 heterocycles. The fourth-order valence-electron chi connectivity index (χ4n) is 0. The predicted molar refractivity (Wildman–Crippen MR) is 24.8 cm³/mol. The molecule has 4 heavy (non-hydrogen) atoms. The Morgan fingerprint density at radius 2 is 1.25 bits per heavy atom. The van der Waals surface area contributed by atoms with E-state index >= 15 is 0 Å². The summed E-state index contributed by atoms with van der Waals surface area (Å²) in [7, 11) is 0. The first kappa shape index (κ1) is 24.7. The molecule has 0 N–H and O–H groups in total. The summed E-state index contributed by atoms with van der Waals surface area (Å²) in [6.45, 7) is 0. The summed E-state index contributed by atoms with van der Waals surface area (Å²) in [5.74, 6) is 0. The van der Waals surface area contributed by atoms with Gasteiger partial charge in [-0.25, -0.2) is 0 Å². The quantitative estimate of drug-likeness (QED) is 0.378. The van der Waals surface area contributed by atoms with Gasteiger partial charge in [-0.15, -0.1) is 0 Å². The van der Waals surface area contributed by atoms with Crippen LogP contribution in [-0.2, 0) is 0 Å². The Morgan fingerprint density at radius 1 is 1.25 bits per heavy atom. The van der Waals surface area contributed by atoms with Gasteiger partial charge in [0.1, 0.15) is 0 Å². The molecule has 0 aliphatic carbocycles. The van der Waals surface area contributed by atoms with E-state index in [-0.39, 0.29) is 124 Å². The molecule has 2 radical (unpaired) electrons. The van der Waals surface area contributed by atoms with Gasteiger partial charge in [0, 0.05) is 0 Å². The van der Waals surface area contributed by atoms with Gasteiger partial charge in [-0.2, -0.15) is 0 Å². The molecule has 0 saturated heterocycles. The average molecular weight is 367 g/mol. The van der Waals surface area contributed by atoms with Crippen LogP contribution in [0.25, 0.3) is 0 Å². The van der Waals surface area contributed by atoms with Crippen molar-refractivity contribution in [3.8, 4) is 0 Å². The van der Waals surface area contributed by atoms with Crippen molar-refractivity contribution >= 4 is 90.4 Å². The van der Waals surface area contributed by atoms with E-state index in [9.17, 15) is 0 Å². The van der Waals surface area contributed by atoms with Crippen LogP contribution in [-0.4, -0.2) is 90.4 Å². The molecule has 0 aliphatic rings. The first-order valence-corrected chi connectivity index (χ1v) is 0. The van der Waals surface area contributed by atoms with Crippen molar-refractivity contribution < 1.29 is 33.8 Å². The molecule has 0 aromatic rings. The minimum atomic E-state index is 0. The van der Waals surface area contributed by atoms with Crippen LogP contribution in [0.5, 0.6) is 0 Å². The second-order valence-electron chi connectivity index (χ2n) is 0. The van der Waals surface area contributed by atoms with Gasteiger partial charge in [-0.1, -0.05) is 0 Å². The molecule has 4 heteroatoms. The van der Waals surface area contributed by atoms with Gasteiger partial charge in [0.15, 0.2) is 0 Å². The molecule has 0 aromatic heterocycles. The monoisotopic (exact) mass is 368 g/mol. The van der Waals surface area contributed by atoms with Crippen LogP contribution >= 0.6 is 0 Å². The van der Waals surface area contributed by atoms with Gasteiger partial charge >= 0.3 is 120 Å². The molecule has 0 amide bonds. The maximum atomic E-state index is 0. The van der Waals surface area contributed by atoms with Crippen molar-refractivity contribution in [2.45, 2.75) is 0 Å². The molecule has 0 nitrogen and oxygen atoms in total. The summed E-state index contributed by atoms with van der Waals surface area (Å²) in [5.41, 5.74) is 0. The van der Waals surface area contributed by atoms with Gasteiger partial charge in [0.25, 0.3) is 0 Å². The van der Waals surface area contributed by atoms with Crippen LogP contribution in [0.4, 0.5) is 0 Å². The zero-order chi connectivity index (χ0) is 0. The number of rotatable bonds is 0. The van der Waals surface area contributed by atoms with Gasteiger partial charge in [-0.3, -0.25) is 0 Å². The molecule has 0 fully saturated rings. The van der Waals surface area contributed by atoms with Gasteiger partial charge in [0.05, 0.1) is 0 Å². The van der Waals surface area contributed by atoms with E-state index in [0.29, 0.717) is 0 Å². The van der Waals surface area contributed by atoms with E-state index in [1.165, 1.54) is 0 Å². The molecular formula is H6BaNaSbSe. The molecule has 0 unspecified atom stereocenters. The van der Waals surface area contributed by atoms with E-state index in [1.807, 2.05) is 0 Å². The van der Waals surface area contributed by atoms with Crippen LogP contribution in [0.2, 0.25) is 0 Å². The zero-order valence-electron chi connectivity index (χ0n) is 5.73. The first-order chi connectivity index (χ1) is 0. The van der Waals surface area contributed by atoms with Crippen molar-refractivity contribution in [1.82, 2.24) is 0 Å². The molecule has 0 rings (SSSR count). The Hall–Kier alpha value is 3.91. The Morgan fingerprint density at radius 3 is 1.25 bits per heavy atom. The predicted octanol–water partition coefficient (Wildman–Crippen LogP) is -4.60. The standard InChI is InChI=1S/Ba.Na.Sb.HSe.5H/h;;;1H;;;;;/q+2;+1;;;;;3*-1. The van der Waals surface area contributed by atoms with Gasteiger partial charge in [0.2, 0.25) is 0 Å². The topological polar surface area (TPSA) is 0 Å². The molecule has 0 spiro atoms. The Kier molecular flexibility index (Phi) is 97.5. The fourth-order valence-corrected chi connectivity index (χ4v) is 0. The van der Waals surface area contributed by atoms with Crippen molar-refractivity contribution in [3.63, 3.8) is 0 Å². The zero-order valence-corrected chi connectivity index (χ0v) is 14.3. The van der Waals surface area contributed by atoms with Crippen LogP contribution in [0, 0.1) is 0 Å². The summed E-state index contributed by atoms with van der Waals surface area (Å²) < 4.78 is 0. The van der Waals surface area contributed by atoms with Crippen LogP contribution in [0.3, 0.4) is 0 Å². The van der Waals surface area contributed by atoms with Crippen molar-refractivity contribution in [3.05, 3.63) is 0 Å². The van der Waals surface area contributed by atoms with Gasteiger partial charge < -0.3 is 4.28 Å². The molecule has 0 saturated carbocycles. The average Bonchev–Trinajstić information content (AvgIpc) is 0. The van der Waals surface area contributed by atoms with Crippen molar-refractivity contribution in [1.29, 1.82) is 0 Å². The van der Waals surface area contributed by atoms with E-state index in [0.717, 1.165) is 0 Å². The van der Waals surface area contributed by atoms with Crippen molar-refractivity contribution in [2.24, 2.45) is 0 Å². The second-order valence-corrected chi connectivity index (χ2v) is 0. The normalized spacial score (nSPS) is 0. The number of hydrogen-bond acceptors (Lipinski definition) is 0. The Balaban J connectivity index is 0. The van der Waals surface area contributed by atoms with Crippen LogP contribution < -0.4 is 29.6 Å². The Bertz CT molecular complexity index is 14.9. The van der Waals surface area contributed by atoms with E-state index in [1.54, 1.807) is 0 Å². The summed E-state index contributed by atoms with van der Waals surface area (Å²) in [4.78, 5) is 0. The van der Waals surface area contributed by atoms with E-state index in [4.69, 9.17) is 0 Å². The summed E-state index contributed by atoms with van der Waals surface area (Å²) >= 11 is 0. The molecule has 0 bridgehead atoms. The summed E-state index contributed by atoms with van der Waals surface area (Å²) in [6, 6.07) is 0. The maximum absolute atomic E-state index is 0. The molecule has 0 atom stereocenters. The fraction of sp³-hybridized carbons (Fsp3) is 0. The van der Waals surface area contributed by atoms with Crippen LogP contribution in [0.1, 0.15) is 4.28 Å². The summed E-state index contributed by atoms with van der Waals surface area (Å²) in [6.07, 6.45) is 0. The first-order valence-electron chi connectivity index (χ1n) is 0. The minimum absolute atomic E-state index is 0. The van der Waals surface area contributed by atoms with E-state index < -0.39 is 0 Å². The molecular weight excluding hydrogens is 361 g/mol. The third-order valence-electron chi connectivity index (χ3n) is 0. The molecule has 0 aromatic carbocycles. The van der Waals surface area contributed by atoms with Crippen LogP contribution in [0.15, 0.2) is 0 Å². The Labute approximate surface area is 121 Å². The van der Waals surface area contributed by atoms with E-state index in [2.05, 4.69) is 0 Å². The summed E-state index contributed by atoms with van der Waals surface area (Å²) in [5, 5.41) is 0. The van der Waals surface area contributed by atoms with Crippen molar-refractivity contribution in [2.75, 3.05) is 0 Å². The SMILES string of the molecule is [Ba+2].[H-].[H-].[H-].[Na+].[SbH2].[SeH].